The fourth-order valence-corrected chi connectivity index (χ4v) is 2.06. The van der Waals surface area contributed by atoms with Crippen molar-refractivity contribution in [2.24, 2.45) is 0 Å². The van der Waals surface area contributed by atoms with Crippen LogP contribution in [0.5, 0.6) is 0 Å². The Morgan fingerprint density at radius 1 is 1.17 bits per heavy atom. The number of ether oxygens (including phenoxy) is 1. The van der Waals surface area contributed by atoms with Gasteiger partial charge in [0.2, 0.25) is 5.95 Å². The Morgan fingerprint density at radius 2 is 1.75 bits per heavy atom. The molecule has 126 valence electrons. The lowest BCUT2D eigenvalue weighted by Gasteiger charge is -2.17. The molecule has 8 heteroatoms. The number of carbonyl (C=O) groups is 2. The third kappa shape index (κ3) is 4.20. The minimum Gasteiger partial charge on any atom is -0.467 e. The van der Waals surface area contributed by atoms with Crippen molar-refractivity contribution in [2.75, 3.05) is 26.1 Å². The standard InChI is InChI=1S/C16H17ClN4O3/c1-21(2)16-18-8-11(9-19-16)14(22)20-13(15(23)24-3)10-4-6-12(17)7-5-10/h4-9,13H,1-3H3,(H,20,22). The summed E-state index contributed by atoms with van der Waals surface area (Å²) >= 11 is 5.85. The van der Waals surface area contributed by atoms with E-state index in [-0.39, 0.29) is 5.56 Å². The number of benzene rings is 1. The maximum absolute atomic E-state index is 12.4. The summed E-state index contributed by atoms with van der Waals surface area (Å²) in [5.41, 5.74) is 0.800. The van der Waals surface area contributed by atoms with Crippen LogP contribution < -0.4 is 10.2 Å². The van der Waals surface area contributed by atoms with E-state index in [9.17, 15) is 9.59 Å². The van der Waals surface area contributed by atoms with Crippen molar-refractivity contribution in [3.8, 4) is 0 Å². The molecule has 7 nitrogen and oxygen atoms in total. The quantitative estimate of drug-likeness (QED) is 0.830. The van der Waals surface area contributed by atoms with Gasteiger partial charge in [-0.2, -0.15) is 0 Å². The van der Waals surface area contributed by atoms with Gasteiger partial charge in [0.05, 0.1) is 12.7 Å². The van der Waals surface area contributed by atoms with Crippen LogP contribution in [0.3, 0.4) is 0 Å². The number of nitrogens with one attached hydrogen (secondary N) is 1. The van der Waals surface area contributed by atoms with Gasteiger partial charge in [-0.15, -0.1) is 0 Å². The fraction of sp³-hybridized carbons (Fsp3) is 0.250. The lowest BCUT2D eigenvalue weighted by atomic mass is 10.1. The molecule has 1 amide bonds. The van der Waals surface area contributed by atoms with Gasteiger partial charge in [-0.05, 0) is 17.7 Å². The number of anilines is 1. The Hall–Kier alpha value is -2.67. The molecular formula is C16H17ClN4O3. The molecule has 1 N–H and O–H groups in total. The van der Waals surface area contributed by atoms with Gasteiger partial charge >= 0.3 is 5.97 Å². The molecule has 0 aliphatic rings. The minimum absolute atomic E-state index is 0.239. The number of hydrogen-bond acceptors (Lipinski definition) is 6. The third-order valence-electron chi connectivity index (χ3n) is 3.22. The molecule has 0 spiro atoms. The molecular weight excluding hydrogens is 332 g/mol. The molecule has 2 rings (SSSR count). The molecule has 1 aromatic heterocycles. The molecule has 2 aromatic rings. The van der Waals surface area contributed by atoms with Gasteiger partial charge in [-0.3, -0.25) is 4.79 Å². The van der Waals surface area contributed by atoms with Crippen molar-refractivity contribution >= 4 is 29.4 Å². The van der Waals surface area contributed by atoms with Gasteiger partial charge < -0.3 is 15.0 Å². The Kier molecular flexibility index (Phi) is 5.70. The number of nitrogens with zero attached hydrogens (tertiary/aromatic N) is 3. The van der Waals surface area contributed by atoms with Crippen molar-refractivity contribution in [2.45, 2.75) is 6.04 Å². The first-order chi connectivity index (χ1) is 11.4. The summed E-state index contributed by atoms with van der Waals surface area (Å²) in [6.07, 6.45) is 2.79. The molecule has 1 aromatic carbocycles. The monoisotopic (exact) mass is 348 g/mol. The number of amides is 1. The van der Waals surface area contributed by atoms with Gasteiger partial charge in [0.15, 0.2) is 6.04 Å². The van der Waals surface area contributed by atoms with Crippen LogP contribution in [-0.2, 0) is 9.53 Å². The van der Waals surface area contributed by atoms with Gasteiger partial charge in [-0.25, -0.2) is 14.8 Å². The Balaban J connectivity index is 2.21. The number of halogens is 1. The highest BCUT2D eigenvalue weighted by atomic mass is 35.5. The first-order valence-electron chi connectivity index (χ1n) is 7.06. The van der Waals surface area contributed by atoms with Gasteiger partial charge in [-0.1, -0.05) is 23.7 Å². The molecule has 0 saturated heterocycles. The smallest absolute Gasteiger partial charge is 0.333 e. The Bertz CT molecular complexity index is 717. The van der Waals surface area contributed by atoms with Gasteiger partial charge in [0.1, 0.15) is 0 Å². The molecule has 24 heavy (non-hydrogen) atoms. The van der Waals surface area contributed by atoms with E-state index in [4.69, 9.17) is 16.3 Å². The SMILES string of the molecule is COC(=O)C(NC(=O)c1cnc(N(C)C)nc1)c1ccc(Cl)cc1. The summed E-state index contributed by atoms with van der Waals surface area (Å²) in [5.74, 6) is -0.587. The van der Waals surface area contributed by atoms with Crippen LogP contribution in [0, 0.1) is 0 Å². The Morgan fingerprint density at radius 3 is 2.25 bits per heavy atom. The normalized spacial score (nSPS) is 11.5. The molecule has 0 aliphatic carbocycles. The molecule has 1 unspecified atom stereocenters. The second-order valence-corrected chi connectivity index (χ2v) is 5.58. The fourth-order valence-electron chi connectivity index (χ4n) is 1.94. The highest BCUT2D eigenvalue weighted by Crippen LogP contribution is 2.18. The van der Waals surface area contributed by atoms with Crippen LogP contribution in [0.4, 0.5) is 5.95 Å². The topological polar surface area (TPSA) is 84.4 Å². The van der Waals surface area contributed by atoms with Crippen molar-refractivity contribution < 1.29 is 14.3 Å². The van der Waals surface area contributed by atoms with E-state index in [1.807, 2.05) is 0 Å². The summed E-state index contributed by atoms with van der Waals surface area (Å²) in [5, 5.41) is 3.15. The minimum atomic E-state index is -0.951. The van der Waals surface area contributed by atoms with Crippen molar-refractivity contribution in [3.63, 3.8) is 0 Å². The van der Waals surface area contributed by atoms with E-state index in [1.54, 1.807) is 43.3 Å². The van der Waals surface area contributed by atoms with Crippen LogP contribution >= 0.6 is 11.6 Å². The van der Waals surface area contributed by atoms with Gasteiger partial charge in [0.25, 0.3) is 5.91 Å². The summed E-state index contributed by atoms with van der Waals surface area (Å²) in [7, 11) is 4.85. The summed E-state index contributed by atoms with van der Waals surface area (Å²) in [6, 6.07) is 5.61. The van der Waals surface area contributed by atoms with Crippen molar-refractivity contribution in [3.05, 3.63) is 52.8 Å². The zero-order valence-electron chi connectivity index (χ0n) is 13.5. The second-order valence-electron chi connectivity index (χ2n) is 5.15. The molecule has 0 saturated carbocycles. The van der Waals surface area contributed by atoms with E-state index >= 15 is 0 Å². The van der Waals surface area contributed by atoms with E-state index in [0.29, 0.717) is 16.5 Å². The van der Waals surface area contributed by atoms with Gasteiger partial charge in [0, 0.05) is 31.5 Å². The predicted molar refractivity (Wildman–Crippen MR) is 90.0 cm³/mol. The molecule has 0 bridgehead atoms. The van der Waals surface area contributed by atoms with Crippen LogP contribution in [0.1, 0.15) is 22.0 Å². The summed E-state index contributed by atoms with van der Waals surface area (Å²) in [6.45, 7) is 0. The number of hydrogen-bond donors (Lipinski definition) is 1. The maximum atomic E-state index is 12.4. The third-order valence-corrected chi connectivity index (χ3v) is 3.47. The zero-order chi connectivity index (χ0) is 17.7. The maximum Gasteiger partial charge on any atom is 0.333 e. The van der Waals surface area contributed by atoms with Crippen LogP contribution in [0.2, 0.25) is 5.02 Å². The lowest BCUT2D eigenvalue weighted by molar-refractivity contribution is -0.143. The number of rotatable bonds is 5. The average Bonchev–Trinajstić information content (AvgIpc) is 2.59. The highest BCUT2D eigenvalue weighted by Gasteiger charge is 2.24. The highest BCUT2D eigenvalue weighted by molar-refractivity contribution is 6.30. The zero-order valence-corrected chi connectivity index (χ0v) is 14.2. The summed E-state index contributed by atoms with van der Waals surface area (Å²) < 4.78 is 4.76. The molecule has 1 atom stereocenters. The Labute approximate surface area is 144 Å². The number of aromatic nitrogens is 2. The van der Waals surface area contributed by atoms with Crippen LogP contribution in [0.15, 0.2) is 36.7 Å². The number of methoxy groups -OCH3 is 1. The molecule has 0 fully saturated rings. The molecule has 1 heterocycles. The molecule has 0 radical (unpaired) electrons. The van der Waals surface area contributed by atoms with Crippen LogP contribution in [0.25, 0.3) is 0 Å². The van der Waals surface area contributed by atoms with Crippen molar-refractivity contribution in [1.82, 2.24) is 15.3 Å². The average molecular weight is 349 g/mol. The summed E-state index contributed by atoms with van der Waals surface area (Å²) in [4.78, 5) is 34.2. The molecule has 0 aliphatic heterocycles. The lowest BCUT2D eigenvalue weighted by Crippen LogP contribution is -2.34. The first-order valence-corrected chi connectivity index (χ1v) is 7.43. The van der Waals surface area contributed by atoms with E-state index in [1.165, 1.54) is 19.5 Å². The van der Waals surface area contributed by atoms with E-state index in [2.05, 4.69) is 15.3 Å². The van der Waals surface area contributed by atoms with Crippen molar-refractivity contribution in [1.29, 1.82) is 0 Å². The predicted octanol–water partition coefficient (Wildman–Crippen LogP) is 1.84. The second kappa shape index (κ2) is 7.74. The first kappa shape index (κ1) is 17.7. The van der Waals surface area contributed by atoms with E-state index in [0.717, 1.165) is 0 Å². The van der Waals surface area contributed by atoms with E-state index < -0.39 is 17.9 Å². The largest absolute Gasteiger partial charge is 0.467 e. The van der Waals surface area contributed by atoms with Crippen LogP contribution in [-0.4, -0.2) is 43.0 Å². The number of carbonyl (C=O) groups excluding carboxylic acids is 2. The number of esters is 1.